The fraction of sp³-hybridized carbons (Fsp3) is 0.467. The molecule has 0 aliphatic carbocycles. The molecule has 1 aromatic heterocycles. The number of nitrogens with zero attached hydrogens (tertiary/aromatic N) is 2. The number of nitrogens with one attached hydrogen (secondary N) is 1. The minimum absolute atomic E-state index is 0.184. The van der Waals surface area contributed by atoms with E-state index < -0.39 is 0 Å². The van der Waals surface area contributed by atoms with E-state index in [-0.39, 0.29) is 6.04 Å². The van der Waals surface area contributed by atoms with E-state index in [2.05, 4.69) is 52.8 Å². The van der Waals surface area contributed by atoms with Gasteiger partial charge in [0.25, 0.3) is 0 Å². The minimum atomic E-state index is 0.184. The van der Waals surface area contributed by atoms with Crippen molar-refractivity contribution in [3.05, 3.63) is 41.2 Å². The van der Waals surface area contributed by atoms with Crippen LogP contribution in [-0.2, 0) is 6.42 Å². The van der Waals surface area contributed by atoms with E-state index in [1.807, 2.05) is 0 Å². The lowest BCUT2D eigenvalue weighted by Gasteiger charge is -2.09. The summed E-state index contributed by atoms with van der Waals surface area (Å²) in [6, 6.07) is 8.53. The third-order valence-corrected chi connectivity index (χ3v) is 3.96. The Labute approximate surface area is 124 Å². The summed E-state index contributed by atoms with van der Waals surface area (Å²) in [5.74, 6) is 0.871. The van der Waals surface area contributed by atoms with Gasteiger partial charge in [0, 0.05) is 30.5 Å². The van der Waals surface area contributed by atoms with Crippen LogP contribution in [0.5, 0.6) is 0 Å². The van der Waals surface area contributed by atoms with Gasteiger partial charge in [-0.15, -0.1) is 0 Å². The first-order valence-corrected chi connectivity index (χ1v) is 7.83. The summed E-state index contributed by atoms with van der Waals surface area (Å²) in [6.45, 7) is 5.02. The number of hydrogen-bond donors (Lipinski definition) is 2. The van der Waals surface area contributed by atoms with Crippen molar-refractivity contribution >= 4 is 16.7 Å². The highest BCUT2D eigenvalue weighted by molar-refractivity contribution is 7.09. The van der Waals surface area contributed by atoms with E-state index in [0.29, 0.717) is 0 Å². The summed E-state index contributed by atoms with van der Waals surface area (Å²) in [7, 11) is 0. The van der Waals surface area contributed by atoms with Crippen molar-refractivity contribution in [2.24, 2.45) is 5.73 Å². The summed E-state index contributed by atoms with van der Waals surface area (Å²) in [4.78, 5) is 4.52. The molecule has 2 aromatic rings. The van der Waals surface area contributed by atoms with E-state index in [4.69, 9.17) is 5.73 Å². The lowest BCUT2D eigenvalue weighted by molar-refractivity contribution is 0.626. The molecule has 20 heavy (non-hydrogen) atoms. The van der Waals surface area contributed by atoms with Gasteiger partial charge in [-0.05, 0) is 24.5 Å². The number of anilines is 1. The van der Waals surface area contributed by atoms with Crippen molar-refractivity contribution in [1.29, 1.82) is 0 Å². The van der Waals surface area contributed by atoms with Crippen LogP contribution in [0.2, 0.25) is 0 Å². The van der Waals surface area contributed by atoms with E-state index in [0.717, 1.165) is 36.8 Å². The predicted molar refractivity (Wildman–Crippen MR) is 85.3 cm³/mol. The van der Waals surface area contributed by atoms with Crippen LogP contribution in [0.1, 0.15) is 36.7 Å². The van der Waals surface area contributed by atoms with Gasteiger partial charge in [-0.1, -0.05) is 37.6 Å². The summed E-state index contributed by atoms with van der Waals surface area (Å²) in [5, 5.41) is 4.13. The average Bonchev–Trinajstić information content (AvgIpc) is 2.87. The first kappa shape index (κ1) is 14.9. The fourth-order valence-electron chi connectivity index (χ4n) is 2.07. The molecule has 0 aliphatic rings. The molecule has 0 saturated heterocycles. The molecular formula is C15H22N4S. The Bertz CT molecular complexity index is 538. The highest BCUT2D eigenvalue weighted by Gasteiger charge is 2.07. The molecule has 0 saturated carbocycles. The van der Waals surface area contributed by atoms with Gasteiger partial charge in [-0.25, -0.2) is 4.98 Å². The second kappa shape index (κ2) is 7.36. The Morgan fingerprint density at radius 2 is 2.15 bits per heavy atom. The van der Waals surface area contributed by atoms with Crippen LogP contribution in [-0.4, -0.2) is 21.9 Å². The van der Waals surface area contributed by atoms with E-state index >= 15 is 0 Å². The Kier molecular flexibility index (Phi) is 5.49. The smallest absolute Gasteiger partial charge is 0.202 e. The number of aromatic nitrogens is 2. The van der Waals surface area contributed by atoms with Gasteiger partial charge in [0.1, 0.15) is 5.82 Å². The minimum Gasteiger partial charge on any atom is -0.359 e. The number of benzene rings is 1. The number of rotatable bonds is 7. The van der Waals surface area contributed by atoms with Gasteiger partial charge in [0.05, 0.1) is 0 Å². The first-order valence-electron chi connectivity index (χ1n) is 7.05. The third kappa shape index (κ3) is 4.28. The molecule has 1 aromatic carbocycles. The number of hydrogen-bond acceptors (Lipinski definition) is 5. The molecule has 108 valence electrons. The predicted octanol–water partition coefficient (Wildman–Crippen LogP) is 2.98. The lowest BCUT2D eigenvalue weighted by Crippen LogP contribution is -2.28. The maximum atomic E-state index is 5.98. The second-order valence-corrected chi connectivity index (χ2v) is 5.80. The van der Waals surface area contributed by atoms with Crippen molar-refractivity contribution in [3.8, 4) is 0 Å². The normalized spacial score (nSPS) is 12.3. The van der Waals surface area contributed by atoms with Gasteiger partial charge in [0.15, 0.2) is 0 Å². The van der Waals surface area contributed by atoms with E-state index in [1.54, 1.807) is 0 Å². The van der Waals surface area contributed by atoms with Gasteiger partial charge in [-0.3, -0.25) is 0 Å². The molecule has 1 heterocycles. The zero-order valence-corrected chi connectivity index (χ0v) is 12.9. The Morgan fingerprint density at radius 1 is 1.35 bits per heavy atom. The Balaban J connectivity index is 1.91. The van der Waals surface area contributed by atoms with Gasteiger partial charge >= 0.3 is 0 Å². The maximum absolute atomic E-state index is 5.98. The molecule has 1 unspecified atom stereocenters. The largest absolute Gasteiger partial charge is 0.359 e. The highest BCUT2D eigenvalue weighted by Crippen LogP contribution is 2.16. The van der Waals surface area contributed by atoms with Crippen LogP contribution < -0.4 is 11.1 Å². The highest BCUT2D eigenvalue weighted by atomic mass is 32.1. The lowest BCUT2D eigenvalue weighted by atomic mass is 10.1. The fourth-order valence-corrected chi connectivity index (χ4v) is 2.66. The molecular weight excluding hydrogens is 268 g/mol. The molecule has 4 nitrogen and oxygen atoms in total. The molecule has 0 radical (unpaired) electrons. The monoisotopic (exact) mass is 290 g/mol. The van der Waals surface area contributed by atoms with Crippen molar-refractivity contribution < 1.29 is 0 Å². The Hall–Kier alpha value is -1.46. The summed E-state index contributed by atoms with van der Waals surface area (Å²) in [5.41, 5.74) is 8.53. The summed E-state index contributed by atoms with van der Waals surface area (Å²) < 4.78 is 4.40. The van der Waals surface area contributed by atoms with Crippen LogP contribution in [0.15, 0.2) is 24.3 Å². The van der Waals surface area contributed by atoms with Gasteiger partial charge in [-0.2, -0.15) is 4.37 Å². The summed E-state index contributed by atoms with van der Waals surface area (Å²) in [6.07, 6.45) is 2.92. The van der Waals surface area contributed by atoms with Crippen molar-refractivity contribution in [1.82, 2.24) is 9.36 Å². The van der Waals surface area contributed by atoms with Gasteiger partial charge in [0.2, 0.25) is 5.13 Å². The zero-order valence-electron chi connectivity index (χ0n) is 12.1. The van der Waals surface area contributed by atoms with Gasteiger partial charge < -0.3 is 11.1 Å². The average molecular weight is 290 g/mol. The Morgan fingerprint density at radius 3 is 2.90 bits per heavy atom. The summed E-state index contributed by atoms with van der Waals surface area (Å²) >= 11 is 1.41. The topological polar surface area (TPSA) is 63.8 Å². The van der Waals surface area contributed by atoms with E-state index in [9.17, 15) is 0 Å². The second-order valence-electron chi connectivity index (χ2n) is 5.05. The molecule has 0 amide bonds. The molecule has 0 spiro atoms. The zero-order chi connectivity index (χ0) is 14.4. The van der Waals surface area contributed by atoms with Crippen molar-refractivity contribution in [3.63, 3.8) is 0 Å². The molecule has 3 N–H and O–H groups in total. The van der Waals surface area contributed by atoms with Crippen LogP contribution >= 0.6 is 11.5 Å². The molecule has 1 atom stereocenters. The first-order chi connectivity index (χ1) is 9.69. The SMILES string of the molecule is CCCC(N)CNc1nc(Cc2ccccc2C)ns1. The maximum Gasteiger partial charge on any atom is 0.202 e. The van der Waals surface area contributed by atoms with Crippen LogP contribution in [0.3, 0.4) is 0 Å². The molecule has 2 rings (SSSR count). The van der Waals surface area contributed by atoms with Crippen LogP contribution in [0, 0.1) is 6.92 Å². The third-order valence-electron chi connectivity index (χ3n) is 3.25. The van der Waals surface area contributed by atoms with Crippen LogP contribution in [0.25, 0.3) is 0 Å². The van der Waals surface area contributed by atoms with Crippen molar-refractivity contribution in [2.45, 2.75) is 39.2 Å². The standard InChI is InChI=1S/C15H22N4S/c1-3-6-13(16)10-17-15-18-14(19-20-15)9-12-8-5-4-7-11(12)2/h4-5,7-8,13H,3,6,9-10,16H2,1-2H3,(H,17,18,19). The number of aryl methyl sites for hydroxylation is 1. The molecule has 5 heteroatoms. The quantitative estimate of drug-likeness (QED) is 0.823. The molecule has 0 bridgehead atoms. The number of nitrogens with two attached hydrogens (primary N) is 1. The van der Waals surface area contributed by atoms with E-state index in [1.165, 1.54) is 22.7 Å². The molecule has 0 aliphatic heterocycles. The molecule has 0 fully saturated rings. The van der Waals surface area contributed by atoms with Crippen molar-refractivity contribution in [2.75, 3.05) is 11.9 Å². The van der Waals surface area contributed by atoms with Crippen LogP contribution in [0.4, 0.5) is 5.13 Å².